The zero-order valence-corrected chi connectivity index (χ0v) is 14.6. The molecule has 0 amide bonds. The van der Waals surface area contributed by atoms with Crippen LogP contribution in [0.5, 0.6) is 0 Å². The maximum atomic E-state index is 11.3. The van der Waals surface area contributed by atoms with Crippen LogP contribution in [0, 0.1) is 10.1 Å². The molecule has 2 aromatic rings. The second-order valence-electron chi connectivity index (χ2n) is 5.73. The number of nitrogens with zero attached hydrogens (tertiary/aromatic N) is 1. The fourth-order valence-electron chi connectivity index (χ4n) is 2.09. The molecule has 128 valence electrons. The predicted octanol–water partition coefficient (Wildman–Crippen LogP) is 4.40. The highest BCUT2D eigenvalue weighted by atomic mass is 32.2. The molecule has 0 bridgehead atoms. The van der Waals surface area contributed by atoms with Crippen molar-refractivity contribution in [3.05, 3.63) is 58.1 Å². The Morgan fingerprint density at radius 3 is 2.33 bits per heavy atom. The lowest BCUT2D eigenvalue weighted by Gasteiger charge is -2.11. The van der Waals surface area contributed by atoms with Crippen LogP contribution in [0.3, 0.4) is 0 Å². The van der Waals surface area contributed by atoms with Crippen molar-refractivity contribution < 1.29 is 10.0 Å². The zero-order chi connectivity index (χ0) is 17.7. The van der Waals surface area contributed by atoms with Gasteiger partial charge in [0, 0.05) is 16.6 Å². The molecule has 0 aliphatic heterocycles. The number of anilines is 2. The van der Waals surface area contributed by atoms with Crippen LogP contribution in [0.2, 0.25) is 0 Å². The van der Waals surface area contributed by atoms with Crippen molar-refractivity contribution in [2.75, 3.05) is 5.32 Å². The van der Waals surface area contributed by atoms with Crippen LogP contribution in [0.15, 0.2) is 47.4 Å². The van der Waals surface area contributed by atoms with E-state index in [0.717, 1.165) is 17.6 Å². The number of nitro benzene ring substituents is 1. The fraction of sp³-hybridized carbons (Fsp3) is 0.294. The van der Waals surface area contributed by atoms with Gasteiger partial charge in [0.2, 0.25) is 0 Å². The van der Waals surface area contributed by atoms with Gasteiger partial charge < -0.3 is 10.4 Å². The Morgan fingerprint density at radius 1 is 1.12 bits per heavy atom. The first kappa shape index (κ1) is 18.3. The van der Waals surface area contributed by atoms with E-state index in [2.05, 4.69) is 23.9 Å². The maximum Gasteiger partial charge on any atom is 0.293 e. The quantitative estimate of drug-likeness (QED) is 0.298. The standard InChI is InChI=1S/C17H21N3O3S/c1-11(2)13-4-6-14(7-5-13)18-16-9-8-15(24-19-12(3)21)10-17(16)20(22)23/h4-12,18-19,21H,1-3H3. The molecule has 3 N–H and O–H groups in total. The van der Waals surface area contributed by atoms with Crippen molar-refractivity contribution in [3.63, 3.8) is 0 Å². The number of benzene rings is 2. The summed E-state index contributed by atoms with van der Waals surface area (Å²) in [6.07, 6.45) is -0.702. The minimum absolute atomic E-state index is 0.0136. The largest absolute Gasteiger partial charge is 0.378 e. The van der Waals surface area contributed by atoms with Crippen LogP contribution in [0.25, 0.3) is 0 Å². The summed E-state index contributed by atoms with van der Waals surface area (Å²) in [5.41, 5.74) is 2.43. The summed E-state index contributed by atoms with van der Waals surface area (Å²) in [6, 6.07) is 12.8. The first-order chi connectivity index (χ1) is 11.4. The molecule has 7 heteroatoms. The van der Waals surface area contributed by atoms with Gasteiger partial charge in [0.1, 0.15) is 11.9 Å². The Kier molecular flexibility index (Phi) is 6.19. The third kappa shape index (κ3) is 4.95. The summed E-state index contributed by atoms with van der Waals surface area (Å²) in [5.74, 6) is 0.436. The minimum Gasteiger partial charge on any atom is -0.378 e. The second-order valence-corrected chi connectivity index (χ2v) is 6.64. The molecule has 0 aromatic heterocycles. The molecule has 0 saturated heterocycles. The number of rotatable bonds is 7. The van der Waals surface area contributed by atoms with E-state index in [-0.39, 0.29) is 5.69 Å². The van der Waals surface area contributed by atoms with Gasteiger partial charge in [0.05, 0.1) is 4.92 Å². The Morgan fingerprint density at radius 2 is 1.79 bits per heavy atom. The van der Waals surface area contributed by atoms with Gasteiger partial charge in [-0.3, -0.25) is 10.1 Å². The number of aliphatic hydroxyl groups excluding tert-OH is 1. The van der Waals surface area contributed by atoms with Gasteiger partial charge in [0.25, 0.3) is 5.69 Å². The molecule has 0 saturated carbocycles. The molecule has 2 aromatic carbocycles. The lowest BCUT2D eigenvalue weighted by Crippen LogP contribution is -2.17. The third-order valence-corrected chi connectivity index (χ3v) is 4.32. The van der Waals surface area contributed by atoms with Crippen LogP contribution in [-0.4, -0.2) is 16.3 Å². The molecule has 0 aliphatic carbocycles. The van der Waals surface area contributed by atoms with E-state index in [9.17, 15) is 15.2 Å². The Hall–Kier alpha value is -2.09. The number of hydrogen-bond acceptors (Lipinski definition) is 6. The molecule has 24 heavy (non-hydrogen) atoms. The predicted molar refractivity (Wildman–Crippen MR) is 97.6 cm³/mol. The molecule has 2 rings (SSSR count). The average molecular weight is 347 g/mol. The van der Waals surface area contributed by atoms with E-state index in [1.54, 1.807) is 19.1 Å². The van der Waals surface area contributed by atoms with Gasteiger partial charge in [-0.25, -0.2) is 4.72 Å². The minimum atomic E-state index is -0.702. The lowest BCUT2D eigenvalue weighted by atomic mass is 10.0. The Labute approximate surface area is 145 Å². The highest BCUT2D eigenvalue weighted by molar-refractivity contribution is 7.97. The molecule has 0 heterocycles. The van der Waals surface area contributed by atoms with Crippen molar-refractivity contribution in [3.8, 4) is 0 Å². The molecule has 0 fully saturated rings. The first-order valence-electron chi connectivity index (χ1n) is 7.62. The van der Waals surface area contributed by atoms with Gasteiger partial charge in [-0.1, -0.05) is 26.0 Å². The van der Waals surface area contributed by atoms with Crippen LogP contribution in [0.1, 0.15) is 32.3 Å². The zero-order valence-electron chi connectivity index (χ0n) is 13.8. The van der Waals surface area contributed by atoms with E-state index < -0.39 is 11.2 Å². The molecular weight excluding hydrogens is 326 g/mol. The Balaban J connectivity index is 2.21. The molecule has 1 unspecified atom stereocenters. The van der Waals surface area contributed by atoms with Crippen molar-refractivity contribution in [2.45, 2.75) is 37.8 Å². The van der Waals surface area contributed by atoms with Crippen LogP contribution < -0.4 is 10.0 Å². The van der Waals surface area contributed by atoms with E-state index >= 15 is 0 Å². The Bertz CT molecular complexity index is 703. The molecule has 0 radical (unpaired) electrons. The van der Waals surface area contributed by atoms with E-state index in [0.29, 0.717) is 16.5 Å². The number of nitrogens with one attached hydrogen (secondary N) is 2. The third-order valence-electron chi connectivity index (χ3n) is 3.37. The smallest absolute Gasteiger partial charge is 0.293 e. The molecular formula is C17H21N3O3S. The number of hydrogen-bond donors (Lipinski definition) is 3. The van der Waals surface area contributed by atoms with Crippen molar-refractivity contribution >= 4 is 29.0 Å². The van der Waals surface area contributed by atoms with Crippen molar-refractivity contribution in [1.82, 2.24) is 4.72 Å². The molecule has 0 aliphatic rings. The summed E-state index contributed by atoms with van der Waals surface area (Å²) in [6.45, 7) is 5.81. The van der Waals surface area contributed by atoms with E-state index in [1.807, 2.05) is 24.3 Å². The van der Waals surface area contributed by atoms with Gasteiger partial charge in [-0.2, -0.15) is 0 Å². The summed E-state index contributed by atoms with van der Waals surface area (Å²) < 4.78 is 2.74. The first-order valence-corrected chi connectivity index (χ1v) is 8.44. The topological polar surface area (TPSA) is 87.4 Å². The normalized spacial score (nSPS) is 12.2. The highest BCUT2D eigenvalue weighted by Gasteiger charge is 2.15. The maximum absolute atomic E-state index is 11.3. The van der Waals surface area contributed by atoms with E-state index in [4.69, 9.17) is 0 Å². The van der Waals surface area contributed by atoms with Gasteiger partial charge in [-0.15, -0.1) is 0 Å². The van der Waals surface area contributed by atoms with Crippen molar-refractivity contribution in [1.29, 1.82) is 0 Å². The molecule has 1 atom stereocenters. The van der Waals surface area contributed by atoms with Gasteiger partial charge >= 0.3 is 0 Å². The monoisotopic (exact) mass is 347 g/mol. The van der Waals surface area contributed by atoms with Gasteiger partial charge in [0.15, 0.2) is 0 Å². The van der Waals surface area contributed by atoms with Crippen molar-refractivity contribution in [2.24, 2.45) is 0 Å². The number of nitro groups is 1. The summed E-state index contributed by atoms with van der Waals surface area (Å²) in [4.78, 5) is 11.6. The molecule has 0 spiro atoms. The lowest BCUT2D eigenvalue weighted by molar-refractivity contribution is -0.384. The van der Waals surface area contributed by atoms with Crippen LogP contribution in [0.4, 0.5) is 17.1 Å². The highest BCUT2D eigenvalue weighted by Crippen LogP contribution is 2.32. The summed E-state index contributed by atoms with van der Waals surface area (Å²) in [7, 11) is 0. The van der Waals surface area contributed by atoms with Crippen LogP contribution in [-0.2, 0) is 0 Å². The average Bonchev–Trinajstić information content (AvgIpc) is 2.54. The fourth-order valence-corrected chi connectivity index (χ4v) is 2.71. The SMILES string of the molecule is CC(O)NSc1ccc(Nc2ccc(C(C)C)cc2)c([N+](=O)[O-])c1. The second kappa shape index (κ2) is 8.14. The summed E-state index contributed by atoms with van der Waals surface area (Å²) in [5, 5.41) is 23.6. The van der Waals surface area contributed by atoms with Gasteiger partial charge in [-0.05, 0) is 54.6 Å². The van der Waals surface area contributed by atoms with Crippen LogP contribution >= 0.6 is 11.9 Å². The summed E-state index contributed by atoms with van der Waals surface area (Å²) >= 11 is 1.15. The van der Waals surface area contributed by atoms with E-state index in [1.165, 1.54) is 11.6 Å². The number of aliphatic hydroxyl groups is 1. The molecule has 6 nitrogen and oxygen atoms in total.